The summed E-state index contributed by atoms with van der Waals surface area (Å²) >= 11 is 0. The predicted molar refractivity (Wildman–Crippen MR) is 61.9 cm³/mol. The molecule has 0 unspecified atom stereocenters. The lowest BCUT2D eigenvalue weighted by Gasteiger charge is -2.12. The minimum atomic E-state index is 0.556. The Morgan fingerprint density at radius 1 is 1.07 bits per heavy atom. The normalized spacial score (nSPS) is 11.2. The third-order valence-corrected chi connectivity index (χ3v) is 2.63. The van der Waals surface area contributed by atoms with Crippen molar-refractivity contribution < 1.29 is 5.21 Å². The van der Waals surface area contributed by atoms with Crippen LogP contribution in [0.15, 0.2) is 36.4 Å². The van der Waals surface area contributed by atoms with E-state index in [1.54, 1.807) is 7.05 Å². The van der Waals surface area contributed by atoms with Gasteiger partial charge in [0.25, 0.3) is 0 Å². The lowest BCUT2D eigenvalue weighted by molar-refractivity contribution is -0.0728. The van der Waals surface area contributed by atoms with Crippen LogP contribution in [0, 0.1) is 6.92 Å². The van der Waals surface area contributed by atoms with Crippen LogP contribution in [0.25, 0.3) is 10.8 Å². The molecule has 0 bridgehead atoms. The minimum absolute atomic E-state index is 0.556. The standard InChI is InChI=1S/C13H15NO/c1-10-7-8-11(9-14(2)15)13-6-4-3-5-12(10)13/h3-8,15H,9H2,1-2H3. The molecule has 0 spiro atoms. The molecule has 15 heavy (non-hydrogen) atoms. The molecule has 0 radical (unpaired) electrons. The molecule has 0 aromatic heterocycles. The van der Waals surface area contributed by atoms with Gasteiger partial charge in [0, 0.05) is 13.6 Å². The highest BCUT2D eigenvalue weighted by Gasteiger charge is 2.04. The summed E-state index contributed by atoms with van der Waals surface area (Å²) in [5.41, 5.74) is 2.43. The predicted octanol–water partition coefficient (Wildman–Crippen LogP) is 2.97. The van der Waals surface area contributed by atoms with Crippen LogP contribution in [-0.4, -0.2) is 17.3 Å². The summed E-state index contributed by atoms with van der Waals surface area (Å²) in [5, 5.41) is 13.0. The molecule has 0 aliphatic rings. The van der Waals surface area contributed by atoms with Crippen LogP contribution in [0.5, 0.6) is 0 Å². The molecule has 2 aromatic rings. The van der Waals surface area contributed by atoms with Crippen molar-refractivity contribution in [2.24, 2.45) is 0 Å². The zero-order valence-electron chi connectivity index (χ0n) is 9.07. The van der Waals surface area contributed by atoms with Gasteiger partial charge < -0.3 is 5.21 Å². The maximum Gasteiger partial charge on any atom is 0.0491 e. The van der Waals surface area contributed by atoms with Gasteiger partial charge in [-0.2, -0.15) is 5.06 Å². The van der Waals surface area contributed by atoms with Crippen molar-refractivity contribution in [3.63, 3.8) is 0 Å². The van der Waals surface area contributed by atoms with Crippen LogP contribution in [0.1, 0.15) is 11.1 Å². The van der Waals surface area contributed by atoms with Crippen molar-refractivity contribution in [2.45, 2.75) is 13.5 Å². The van der Waals surface area contributed by atoms with Gasteiger partial charge in [-0.3, -0.25) is 0 Å². The Bertz CT molecular complexity index is 477. The first-order valence-corrected chi connectivity index (χ1v) is 5.06. The van der Waals surface area contributed by atoms with Crippen LogP contribution < -0.4 is 0 Å². The molecule has 2 aromatic carbocycles. The Hall–Kier alpha value is -1.38. The fraction of sp³-hybridized carbons (Fsp3) is 0.231. The molecule has 0 aliphatic carbocycles. The number of hydrogen-bond donors (Lipinski definition) is 1. The summed E-state index contributed by atoms with van der Waals surface area (Å²) in [4.78, 5) is 0. The number of fused-ring (bicyclic) bond motifs is 1. The maximum absolute atomic E-state index is 9.27. The highest BCUT2D eigenvalue weighted by molar-refractivity contribution is 5.88. The van der Waals surface area contributed by atoms with Crippen molar-refractivity contribution in [1.82, 2.24) is 5.06 Å². The van der Waals surface area contributed by atoms with Gasteiger partial charge in [0.1, 0.15) is 0 Å². The van der Waals surface area contributed by atoms with E-state index in [1.807, 2.05) is 12.1 Å². The first kappa shape index (κ1) is 10.1. The Morgan fingerprint density at radius 3 is 2.40 bits per heavy atom. The van der Waals surface area contributed by atoms with Crippen molar-refractivity contribution in [3.05, 3.63) is 47.5 Å². The Kier molecular flexibility index (Phi) is 2.71. The van der Waals surface area contributed by atoms with Gasteiger partial charge in [0.15, 0.2) is 0 Å². The topological polar surface area (TPSA) is 23.5 Å². The number of nitrogens with zero attached hydrogens (tertiary/aromatic N) is 1. The summed E-state index contributed by atoms with van der Waals surface area (Å²) in [6, 6.07) is 12.5. The van der Waals surface area contributed by atoms with Gasteiger partial charge in [-0.25, -0.2) is 0 Å². The number of aryl methyl sites for hydroxylation is 1. The second-order valence-corrected chi connectivity index (χ2v) is 3.90. The molecular formula is C13H15NO. The molecule has 0 saturated heterocycles. The maximum atomic E-state index is 9.27. The van der Waals surface area contributed by atoms with Gasteiger partial charge in [-0.05, 0) is 28.8 Å². The summed E-state index contributed by atoms with van der Waals surface area (Å²) in [6.07, 6.45) is 0. The van der Waals surface area contributed by atoms with Crippen molar-refractivity contribution in [1.29, 1.82) is 0 Å². The second-order valence-electron chi connectivity index (χ2n) is 3.90. The number of hydrogen-bond acceptors (Lipinski definition) is 2. The molecule has 0 fully saturated rings. The van der Waals surface area contributed by atoms with Crippen LogP contribution in [0.4, 0.5) is 0 Å². The highest BCUT2D eigenvalue weighted by Crippen LogP contribution is 2.22. The van der Waals surface area contributed by atoms with Crippen molar-refractivity contribution in [3.8, 4) is 0 Å². The van der Waals surface area contributed by atoms with E-state index in [4.69, 9.17) is 0 Å². The lowest BCUT2D eigenvalue weighted by atomic mass is 10.0. The molecule has 0 saturated carbocycles. The summed E-state index contributed by atoms with van der Waals surface area (Å²) < 4.78 is 0. The quantitative estimate of drug-likeness (QED) is 0.755. The smallest absolute Gasteiger partial charge is 0.0491 e. The third-order valence-electron chi connectivity index (χ3n) is 2.63. The lowest BCUT2D eigenvalue weighted by Crippen LogP contribution is -2.11. The fourth-order valence-corrected chi connectivity index (χ4v) is 1.90. The van der Waals surface area contributed by atoms with E-state index < -0.39 is 0 Å². The molecule has 0 aliphatic heterocycles. The number of benzene rings is 2. The Balaban J connectivity index is 2.61. The molecule has 2 rings (SSSR count). The first-order chi connectivity index (χ1) is 7.18. The number of hydroxylamine groups is 2. The first-order valence-electron chi connectivity index (χ1n) is 5.06. The van der Waals surface area contributed by atoms with Gasteiger partial charge in [-0.1, -0.05) is 36.4 Å². The summed E-state index contributed by atoms with van der Waals surface area (Å²) in [7, 11) is 1.66. The molecule has 0 heterocycles. The van der Waals surface area contributed by atoms with Crippen LogP contribution >= 0.6 is 0 Å². The molecule has 1 N–H and O–H groups in total. The second kappa shape index (κ2) is 4.01. The Morgan fingerprint density at radius 2 is 1.73 bits per heavy atom. The van der Waals surface area contributed by atoms with Crippen LogP contribution in [-0.2, 0) is 6.54 Å². The molecule has 2 nitrogen and oxygen atoms in total. The van der Waals surface area contributed by atoms with E-state index in [9.17, 15) is 5.21 Å². The monoisotopic (exact) mass is 201 g/mol. The molecule has 2 heteroatoms. The van der Waals surface area contributed by atoms with Crippen molar-refractivity contribution >= 4 is 10.8 Å². The average Bonchev–Trinajstić information content (AvgIpc) is 2.22. The molecular weight excluding hydrogens is 186 g/mol. The molecule has 0 atom stereocenters. The molecule has 78 valence electrons. The van der Waals surface area contributed by atoms with Gasteiger partial charge in [-0.15, -0.1) is 0 Å². The van der Waals surface area contributed by atoms with E-state index in [2.05, 4.69) is 31.2 Å². The van der Waals surface area contributed by atoms with Crippen LogP contribution in [0.3, 0.4) is 0 Å². The number of rotatable bonds is 2. The zero-order chi connectivity index (χ0) is 10.8. The summed E-state index contributed by atoms with van der Waals surface area (Å²) in [5.74, 6) is 0. The van der Waals surface area contributed by atoms with Gasteiger partial charge in [0.05, 0.1) is 0 Å². The van der Waals surface area contributed by atoms with Crippen molar-refractivity contribution in [2.75, 3.05) is 7.05 Å². The van der Waals surface area contributed by atoms with E-state index in [-0.39, 0.29) is 0 Å². The fourth-order valence-electron chi connectivity index (χ4n) is 1.90. The average molecular weight is 201 g/mol. The molecule has 0 amide bonds. The van der Waals surface area contributed by atoms with E-state index in [0.717, 1.165) is 5.56 Å². The third kappa shape index (κ3) is 2.01. The minimum Gasteiger partial charge on any atom is -0.314 e. The van der Waals surface area contributed by atoms with E-state index in [0.29, 0.717) is 6.54 Å². The zero-order valence-corrected chi connectivity index (χ0v) is 9.07. The summed E-state index contributed by atoms with van der Waals surface area (Å²) in [6.45, 7) is 2.66. The largest absolute Gasteiger partial charge is 0.314 e. The van der Waals surface area contributed by atoms with Gasteiger partial charge in [0.2, 0.25) is 0 Å². The SMILES string of the molecule is Cc1ccc(CN(C)O)c2ccccc12. The van der Waals surface area contributed by atoms with E-state index >= 15 is 0 Å². The van der Waals surface area contributed by atoms with Crippen LogP contribution in [0.2, 0.25) is 0 Å². The Labute approximate surface area is 89.7 Å². The van der Waals surface area contributed by atoms with E-state index in [1.165, 1.54) is 21.4 Å². The van der Waals surface area contributed by atoms with Gasteiger partial charge >= 0.3 is 0 Å². The highest BCUT2D eigenvalue weighted by atomic mass is 16.5.